The van der Waals surface area contributed by atoms with Gasteiger partial charge in [-0.25, -0.2) is 4.98 Å². The van der Waals surface area contributed by atoms with Crippen molar-refractivity contribution in [1.29, 1.82) is 0 Å². The van der Waals surface area contributed by atoms with E-state index in [1.165, 1.54) is 25.8 Å². The summed E-state index contributed by atoms with van der Waals surface area (Å²) in [7, 11) is 0. The maximum absolute atomic E-state index is 12.5. The minimum absolute atomic E-state index is 0.0428. The van der Waals surface area contributed by atoms with Gasteiger partial charge >= 0.3 is 0 Å². The number of fused-ring (bicyclic) bond motifs is 2. The molecular weight excluding hydrogens is 276 g/mol. The Labute approximate surface area is 130 Å². The molecule has 2 atom stereocenters. The van der Waals surface area contributed by atoms with E-state index >= 15 is 0 Å². The Hall–Kier alpha value is -1.88. The SMILES string of the molecule is Cc1ccn2cc(C(=O)N[C@@H]3CCN4CCCC[C@@H]34)nc2c1. The van der Waals surface area contributed by atoms with Crippen molar-refractivity contribution < 1.29 is 4.79 Å². The molecule has 2 aliphatic heterocycles. The van der Waals surface area contributed by atoms with E-state index in [4.69, 9.17) is 0 Å². The monoisotopic (exact) mass is 298 g/mol. The molecule has 4 heterocycles. The van der Waals surface area contributed by atoms with E-state index in [0.717, 1.165) is 24.2 Å². The van der Waals surface area contributed by atoms with E-state index in [1.807, 2.05) is 35.9 Å². The number of hydrogen-bond acceptors (Lipinski definition) is 3. The summed E-state index contributed by atoms with van der Waals surface area (Å²) in [6.45, 7) is 4.33. The molecule has 1 N–H and O–H groups in total. The van der Waals surface area contributed by atoms with E-state index in [-0.39, 0.29) is 11.9 Å². The lowest BCUT2D eigenvalue weighted by molar-refractivity contribution is 0.0911. The predicted octanol–water partition coefficient (Wildman–Crippen LogP) is 2.00. The predicted molar refractivity (Wildman–Crippen MR) is 85.0 cm³/mol. The molecule has 5 heteroatoms. The van der Waals surface area contributed by atoms with Crippen LogP contribution in [-0.2, 0) is 0 Å². The van der Waals surface area contributed by atoms with Crippen LogP contribution in [0.3, 0.4) is 0 Å². The van der Waals surface area contributed by atoms with Crippen LogP contribution in [0.5, 0.6) is 0 Å². The largest absolute Gasteiger partial charge is 0.346 e. The molecule has 116 valence electrons. The Balaban J connectivity index is 1.51. The van der Waals surface area contributed by atoms with Gasteiger partial charge in [0, 0.05) is 31.0 Å². The molecule has 1 amide bonds. The summed E-state index contributed by atoms with van der Waals surface area (Å²) in [5.74, 6) is -0.0428. The second kappa shape index (κ2) is 5.39. The zero-order valence-electron chi connectivity index (χ0n) is 13.0. The third-order valence-electron chi connectivity index (χ3n) is 5.02. The van der Waals surface area contributed by atoms with Crippen LogP contribution in [0, 0.1) is 6.92 Å². The molecule has 22 heavy (non-hydrogen) atoms. The maximum atomic E-state index is 12.5. The van der Waals surface area contributed by atoms with Crippen molar-refractivity contribution in [1.82, 2.24) is 19.6 Å². The molecule has 2 aromatic rings. The van der Waals surface area contributed by atoms with Crippen LogP contribution in [0.25, 0.3) is 5.65 Å². The van der Waals surface area contributed by atoms with Gasteiger partial charge in [0.25, 0.3) is 5.91 Å². The van der Waals surface area contributed by atoms with Gasteiger partial charge in [-0.2, -0.15) is 0 Å². The average molecular weight is 298 g/mol. The number of nitrogens with one attached hydrogen (secondary N) is 1. The lowest BCUT2D eigenvalue weighted by atomic mass is 9.99. The molecule has 5 nitrogen and oxygen atoms in total. The number of rotatable bonds is 2. The van der Waals surface area contributed by atoms with Crippen LogP contribution >= 0.6 is 0 Å². The second-order valence-electron chi connectivity index (χ2n) is 6.56. The molecule has 2 fully saturated rings. The van der Waals surface area contributed by atoms with Gasteiger partial charge in [-0.3, -0.25) is 9.69 Å². The summed E-state index contributed by atoms with van der Waals surface area (Å²) in [6.07, 6.45) is 8.60. The molecule has 0 bridgehead atoms. The van der Waals surface area contributed by atoms with Gasteiger partial charge in [0.05, 0.1) is 0 Å². The lowest BCUT2D eigenvalue weighted by Crippen LogP contribution is -2.46. The lowest BCUT2D eigenvalue weighted by Gasteiger charge is -2.32. The quantitative estimate of drug-likeness (QED) is 0.922. The topological polar surface area (TPSA) is 49.6 Å². The molecule has 0 spiro atoms. The molecule has 4 rings (SSSR count). The summed E-state index contributed by atoms with van der Waals surface area (Å²) < 4.78 is 1.91. The highest BCUT2D eigenvalue weighted by atomic mass is 16.2. The summed E-state index contributed by atoms with van der Waals surface area (Å²) in [5, 5.41) is 3.21. The zero-order chi connectivity index (χ0) is 15.1. The molecule has 0 aliphatic carbocycles. The summed E-state index contributed by atoms with van der Waals surface area (Å²) >= 11 is 0. The smallest absolute Gasteiger partial charge is 0.271 e. The van der Waals surface area contributed by atoms with Gasteiger partial charge in [-0.05, 0) is 50.4 Å². The Morgan fingerprint density at radius 1 is 1.32 bits per heavy atom. The van der Waals surface area contributed by atoms with Gasteiger partial charge in [-0.15, -0.1) is 0 Å². The van der Waals surface area contributed by atoms with Gasteiger partial charge in [0.2, 0.25) is 0 Å². The normalized spacial score (nSPS) is 25.3. The van der Waals surface area contributed by atoms with Crippen LogP contribution in [0.1, 0.15) is 41.7 Å². The Bertz CT molecular complexity index is 708. The fourth-order valence-electron chi connectivity index (χ4n) is 3.85. The standard InChI is InChI=1S/C17H22N4O/c1-12-5-8-21-11-14(18-16(21)10-12)17(22)19-13-6-9-20-7-3-2-4-15(13)20/h5,8,10-11,13,15H,2-4,6-7,9H2,1H3,(H,19,22)/t13-,15+/m1/s1. The molecule has 2 aliphatic rings. The number of nitrogens with zero attached hydrogens (tertiary/aromatic N) is 3. The molecule has 0 saturated carbocycles. The molecular formula is C17H22N4O. The Kier molecular flexibility index (Phi) is 3.37. The van der Waals surface area contributed by atoms with E-state index < -0.39 is 0 Å². The molecule has 2 saturated heterocycles. The second-order valence-corrected chi connectivity index (χ2v) is 6.56. The molecule has 0 unspecified atom stereocenters. The first-order chi connectivity index (χ1) is 10.7. The number of piperidine rings is 1. The number of imidazole rings is 1. The fraction of sp³-hybridized carbons (Fsp3) is 0.529. The van der Waals surface area contributed by atoms with Crippen molar-refractivity contribution in [2.75, 3.05) is 13.1 Å². The van der Waals surface area contributed by atoms with Crippen molar-refractivity contribution in [3.05, 3.63) is 35.8 Å². The highest BCUT2D eigenvalue weighted by Crippen LogP contribution is 2.27. The fourth-order valence-corrected chi connectivity index (χ4v) is 3.85. The van der Waals surface area contributed by atoms with Crippen molar-refractivity contribution in [2.24, 2.45) is 0 Å². The van der Waals surface area contributed by atoms with Crippen LogP contribution in [0.15, 0.2) is 24.5 Å². The summed E-state index contributed by atoms with van der Waals surface area (Å²) in [4.78, 5) is 19.5. The first-order valence-corrected chi connectivity index (χ1v) is 8.21. The number of pyridine rings is 1. The minimum Gasteiger partial charge on any atom is -0.346 e. The van der Waals surface area contributed by atoms with Crippen LogP contribution in [-0.4, -0.2) is 45.4 Å². The zero-order valence-corrected chi connectivity index (χ0v) is 13.0. The molecule has 0 radical (unpaired) electrons. The average Bonchev–Trinajstić information content (AvgIpc) is 3.11. The number of hydrogen-bond donors (Lipinski definition) is 1. The Morgan fingerprint density at radius 2 is 2.23 bits per heavy atom. The number of carbonyl (C=O) groups is 1. The highest BCUT2D eigenvalue weighted by molar-refractivity contribution is 5.93. The number of amides is 1. The van der Waals surface area contributed by atoms with Crippen molar-refractivity contribution in [3.63, 3.8) is 0 Å². The number of aryl methyl sites for hydroxylation is 1. The summed E-state index contributed by atoms with van der Waals surface area (Å²) in [5.41, 5.74) is 2.49. The van der Waals surface area contributed by atoms with Gasteiger partial charge in [0.1, 0.15) is 11.3 Å². The van der Waals surface area contributed by atoms with Crippen molar-refractivity contribution in [2.45, 2.75) is 44.7 Å². The third-order valence-corrected chi connectivity index (χ3v) is 5.02. The minimum atomic E-state index is -0.0428. The van der Waals surface area contributed by atoms with Crippen LogP contribution < -0.4 is 5.32 Å². The first-order valence-electron chi connectivity index (χ1n) is 8.21. The molecule has 0 aromatic carbocycles. The Morgan fingerprint density at radius 3 is 3.14 bits per heavy atom. The third kappa shape index (κ3) is 2.39. The van der Waals surface area contributed by atoms with E-state index in [0.29, 0.717) is 11.7 Å². The highest BCUT2D eigenvalue weighted by Gasteiger charge is 2.36. The van der Waals surface area contributed by atoms with Crippen LogP contribution in [0.2, 0.25) is 0 Å². The van der Waals surface area contributed by atoms with Gasteiger partial charge in [-0.1, -0.05) is 6.42 Å². The van der Waals surface area contributed by atoms with Crippen molar-refractivity contribution in [3.8, 4) is 0 Å². The van der Waals surface area contributed by atoms with Gasteiger partial charge < -0.3 is 9.72 Å². The number of carbonyl (C=O) groups excluding carboxylic acids is 1. The first kappa shape index (κ1) is 13.8. The van der Waals surface area contributed by atoms with Gasteiger partial charge in [0.15, 0.2) is 0 Å². The van der Waals surface area contributed by atoms with E-state index in [2.05, 4.69) is 15.2 Å². The number of aromatic nitrogens is 2. The van der Waals surface area contributed by atoms with E-state index in [9.17, 15) is 4.79 Å². The van der Waals surface area contributed by atoms with E-state index in [1.54, 1.807) is 0 Å². The summed E-state index contributed by atoms with van der Waals surface area (Å²) in [6, 6.07) is 4.82. The maximum Gasteiger partial charge on any atom is 0.271 e. The van der Waals surface area contributed by atoms with Crippen LogP contribution in [0.4, 0.5) is 0 Å². The van der Waals surface area contributed by atoms with Crippen molar-refractivity contribution >= 4 is 11.6 Å². The molecule has 2 aromatic heterocycles.